The van der Waals surface area contributed by atoms with Gasteiger partial charge in [0.2, 0.25) is 11.4 Å². The van der Waals surface area contributed by atoms with Gasteiger partial charge in [0.05, 0.1) is 0 Å². The molecule has 4 rings (SSSR count). The van der Waals surface area contributed by atoms with Gasteiger partial charge in [-0.2, -0.15) is 0 Å². The van der Waals surface area contributed by atoms with Gasteiger partial charge in [0.1, 0.15) is 0 Å². The highest BCUT2D eigenvalue weighted by molar-refractivity contribution is 6.30. The van der Waals surface area contributed by atoms with Crippen molar-refractivity contribution in [3.8, 4) is 28.1 Å². The summed E-state index contributed by atoms with van der Waals surface area (Å²) in [7, 11) is 0. The van der Waals surface area contributed by atoms with Crippen LogP contribution in [0.15, 0.2) is 97.1 Å². The van der Waals surface area contributed by atoms with Crippen molar-refractivity contribution in [1.82, 2.24) is 0 Å². The van der Waals surface area contributed by atoms with Crippen molar-refractivity contribution in [3.05, 3.63) is 108 Å². The Kier molecular flexibility index (Phi) is 4.92. The van der Waals surface area contributed by atoms with E-state index >= 15 is 0 Å². The summed E-state index contributed by atoms with van der Waals surface area (Å²) < 4.78 is 1.75. The van der Waals surface area contributed by atoms with Crippen molar-refractivity contribution >= 4 is 17.6 Å². The van der Waals surface area contributed by atoms with Gasteiger partial charge in [-0.15, -0.1) is 4.57 Å². The van der Waals surface area contributed by atoms with Crippen molar-refractivity contribution in [2.24, 2.45) is 0 Å². The van der Waals surface area contributed by atoms with Crippen LogP contribution in [0.25, 0.3) is 28.1 Å². The second-order valence-electron chi connectivity index (χ2n) is 6.36. The molecule has 0 atom stereocenters. The number of hydrogen-bond donors (Lipinski definition) is 1. The Balaban J connectivity index is 2.05. The van der Waals surface area contributed by atoms with Gasteiger partial charge in [0, 0.05) is 34.9 Å². The number of aromatic carboxylic acids is 1. The Morgan fingerprint density at radius 3 is 1.86 bits per heavy atom. The maximum atomic E-state index is 12.2. The number of aromatic nitrogens is 1. The number of nitrogens with zero attached hydrogens (tertiary/aromatic N) is 1. The van der Waals surface area contributed by atoms with Crippen LogP contribution in [-0.4, -0.2) is 11.1 Å². The monoisotopic (exact) mass is 386 g/mol. The largest absolute Gasteiger partial charge is 0.473 e. The van der Waals surface area contributed by atoms with Gasteiger partial charge in [-0.05, 0) is 35.4 Å². The number of carboxylic acid groups (broad SMARTS) is 1. The molecule has 3 nitrogen and oxygen atoms in total. The summed E-state index contributed by atoms with van der Waals surface area (Å²) >= 11 is 6.04. The lowest BCUT2D eigenvalue weighted by Gasteiger charge is -2.10. The Bertz CT molecular complexity index is 1120. The van der Waals surface area contributed by atoms with Crippen molar-refractivity contribution in [2.45, 2.75) is 0 Å². The summed E-state index contributed by atoms with van der Waals surface area (Å²) in [5, 5.41) is 10.6. The van der Waals surface area contributed by atoms with Crippen LogP contribution < -0.4 is 4.57 Å². The molecule has 0 spiro atoms. The molecule has 1 heterocycles. The Labute approximate surface area is 168 Å². The summed E-state index contributed by atoms with van der Waals surface area (Å²) in [6, 6.07) is 30.4. The molecular weight excluding hydrogens is 370 g/mol. The van der Waals surface area contributed by atoms with Crippen molar-refractivity contribution < 1.29 is 14.5 Å². The van der Waals surface area contributed by atoms with Crippen molar-refractivity contribution in [2.75, 3.05) is 0 Å². The quantitative estimate of drug-likeness (QED) is 0.460. The number of pyridine rings is 1. The summed E-state index contributed by atoms with van der Waals surface area (Å²) in [5.74, 6) is -0.995. The van der Waals surface area contributed by atoms with Gasteiger partial charge in [-0.3, -0.25) is 0 Å². The Morgan fingerprint density at radius 2 is 1.29 bits per heavy atom. The number of hydrogen-bond acceptors (Lipinski definition) is 1. The second kappa shape index (κ2) is 7.67. The SMILES string of the molecule is O=C(O)c1cc(-c2ccccc2)cc(-c2ccccc2)[n+]1-c1ccc(Cl)cc1. The lowest BCUT2D eigenvalue weighted by atomic mass is 10.0. The van der Waals surface area contributed by atoms with Crippen LogP contribution in [0.5, 0.6) is 0 Å². The zero-order chi connectivity index (χ0) is 19.5. The maximum Gasteiger partial charge on any atom is 0.401 e. The molecule has 0 bridgehead atoms. The lowest BCUT2D eigenvalue weighted by Crippen LogP contribution is -2.40. The number of carbonyl (C=O) groups is 1. The molecular formula is C24H17ClNO2+. The molecule has 0 saturated heterocycles. The van der Waals surface area contributed by atoms with E-state index in [-0.39, 0.29) is 5.69 Å². The fourth-order valence-electron chi connectivity index (χ4n) is 3.24. The van der Waals surface area contributed by atoms with E-state index < -0.39 is 5.97 Å². The average Bonchev–Trinajstić information content (AvgIpc) is 2.75. The summed E-state index contributed by atoms with van der Waals surface area (Å²) in [5.41, 5.74) is 4.45. The van der Waals surface area contributed by atoms with E-state index in [1.807, 2.05) is 78.9 Å². The van der Waals surface area contributed by atoms with Crippen LogP contribution >= 0.6 is 11.6 Å². The minimum atomic E-state index is -0.995. The molecule has 0 unspecified atom stereocenters. The zero-order valence-corrected chi connectivity index (χ0v) is 15.7. The second-order valence-corrected chi connectivity index (χ2v) is 6.80. The molecule has 28 heavy (non-hydrogen) atoms. The third-order valence-corrected chi connectivity index (χ3v) is 4.80. The molecule has 1 N–H and O–H groups in total. The fourth-order valence-corrected chi connectivity index (χ4v) is 3.37. The topological polar surface area (TPSA) is 41.2 Å². The summed E-state index contributed by atoms with van der Waals surface area (Å²) in [4.78, 5) is 12.2. The highest BCUT2D eigenvalue weighted by Crippen LogP contribution is 2.26. The standard InChI is InChI=1S/C24H16ClNO2/c25-20-11-13-21(14-12-20)26-22(18-9-5-2-6-10-18)15-19(16-23(26)24(27)28)17-7-3-1-4-8-17/h1-16H/p+1. The smallest absolute Gasteiger partial charge is 0.401 e. The first kappa shape index (κ1) is 18.0. The minimum Gasteiger partial charge on any atom is -0.473 e. The normalized spacial score (nSPS) is 10.6. The van der Waals surface area contributed by atoms with E-state index in [0.29, 0.717) is 5.02 Å². The van der Waals surface area contributed by atoms with E-state index in [4.69, 9.17) is 11.6 Å². The van der Waals surface area contributed by atoms with Gasteiger partial charge >= 0.3 is 5.97 Å². The van der Waals surface area contributed by atoms with E-state index in [1.54, 1.807) is 22.8 Å². The Hall–Kier alpha value is -3.43. The van der Waals surface area contributed by atoms with Crippen molar-refractivity contribution in [1.29, 1.82) is 0 Å². The number of benzene rings is 3. The maximum absolute atomic E-state index is 12.2. The molecule has 0 aliphatic rings. The average molecular weight is 387 g/mol. The first-order valence-corrected chi connectivity index (χ1v) is 9.21. The molecule has 0 aliphatic carbocycles. The van der Waals surface area contributed by atoms with Crippen LogP contribution in [0, 0.1) is 0 Å². The molecule has 1 aromatic heterocycles. The molecule has 4 aromatic rings. The minimum absolute atomic E-state index is 0.183. The highest BCUT2D eigenvalue weighted by Gasteiger charge is 2.27. The van der Waals surface area contributed by atoms with Gasteiger partial charge in [0.25, 0.3) is 5.69 Å². The first-order chi connectivity index (χ1) is 13.6. The van der Waals surface area contributed by atoms with Crippen molar-refractivity contribution in [3.63, 3.8) is 0 Å². The van der Waals surface area contributed by atoms with Gasteiger partial charge in [0.15, 0.2) is 0 Å². The van der Waals surface area contributed by atoms with Crippen LogP contribution in [0.1, 0.15) is 10.5 Å². The van der Waals surface area contributed by atoms with Crippen LogP contribution in [0.3, 0.4) is 0 Å². The summed E-state index contributed by atoms with van der Waals surface area (Å²) in [6.07, 6.45) is 0. The highest BCUT2D eigenvalue weighted by atomic mass is 35.5. The molecule has 0 saturated carbocycles. The van der Waals surface area contributed by atoms with Crippen LogP contribution in [0.2, 0.25) is 5.02 Å². The molecule has 136 valence electrons. The summed E-state index contributed by atoms with van der Waals surface area (Å²) in [6.45, 7) is 0. The van der Waals surface area contributed by atoms with Gasteiger partial charge < -0.3 is 5.11 Å². The number of rotatable bonds is 4. The fraction of sp³-hybridized carbons (Fsp3) is 0. The lowest BCUT2D eigenvalue weighted by molar-refractivity contribution is -0.587. The molecule has 0 aliphatic heterocycles. The first-order valence-electron chi connectivity index (χ1n) is 8.83. The van der Waals surface area contributed by atoms with E-state index in [2.05, 4.69) is 0 Å². The predicted octanol–water partition coefficient (Wildman–Crippen LogP) is 5.65. The number of carboxylic acids is 1. The predicted molar refractivity (Wildman–Crippen MR) is 111 cm³/mol. The van der Waals surface area contributed by atoms with E-state index in [0.717, 1.165) is 28.1 Å². The zero-order valence-electron chi connectivity index (χ0n) is 14.9. The molecule has 0 amide bonds. The molecule has 0 radical (unpaired) electrons. The van der Waals surface area contributed by atoms with E-state index in [1.165, 1.54) is 0 Å². The van der Waals surface area contributed by atoms with Gasteiger partial charge in [-0.25, -0.2) is 4.79 Å². The third kappa shape index (κ3) is 3.53. The number of halogens is 1. The van der Waals surface area contributed by atoms with Gasteiger partial charge in [-0.1, -0.05) is 60.1 Å². The Morgan fingerprint density at radius 1 is 0.714 bits per heavy atom. The molecule has 0 fully saturated rings. The van der Waals surface area contributed by atoms with Crippen LogP contribution in [-0.2, 0) is 0 Å². The molecule has 4 heteroatoms. The van der Waals surface area contributed by atoms with E-state index in [9.17, 15) is 9.90 Å². The van der Waals surface area contributed by atoms with Crippen LogP contribution in [0.4, 0.5) is 0 Å². The third-order valence-electron chi connectivity index (χ3n) is 4.55. The molecule has 3 aromatic carbocycles.